The third-order valence-corrected chi connectivity index (χ3v) is 4.49. The van der Waals surface area contributed by atoms with E-state index in [9.17, 15) is 4.79 Å². The molecule has 2 atom stereocenters. The highest BCUT2D eigenvalue weighted by molar-refractivity contribution is 5.88. The molecule has 0 unspecified atom stereocenters. The number of methoxy groups -OCH3 is 1. The molecule has 142 valence electrons. The minimum Gasteiger partial charge on any atom is -0.466 e. The lowest BCUT2D eigenvalue weighted by atomic mass is 9.90. The maximum absolute atomic E-state index is 12.1. The van der Waals surface area contributed by atoms with Gasteiger partial charge in [-0.2, -0.15) is 0 Å². The van der Waals surface area contributed by atoms with Crippen LogP contribution in [0.3, 0.4) is 0 Å². The molecule has 0 spiro atoms. The number of rotatable bonds is 5. The molecule has 0 amide bonds. The molecular weight excluding hydrogens is 336 g/mol. The molecule has 0 aliphatic carbocycles. The first-order chi connectivity index (χ1) is 12.5. The normalized spacial score (nSPS) is 25.7. The molecule has 2 aliphatic heterocycles. The molecule has 1 aromatic carbocycles. The number of carbonyl (C=O) groups excluding carboxylic acids is 1. The van der Waals surface area contributed by atoms with E-state index < -0.39 is 12.3 Å². The predicted molar refractivity (Wildman–Crippen MR) is 94.2 cm³/mol. The molecule has 2 aliphatic rings. The van der Waals surface area contributed by atoms with Crippen LogP contribution in [0.1, 0.15) is 26.7 Å². The lowest BCUT2D eigenvalue weighted by Crippen LogP contribution is -2.40. The first-order valence-corrected chi connectivity index (χ1v) is 8.85. The second-order valence-corrected chi connectivity index (χ2v) is 7.45. The van der Waals surface area contributed by atoms with Gasteiger partial charge in [0.15, 0.2) is 6.29 Å². The van der Waals surface area contributed by atoms with E-state index in [1.54, 1.807) is 0 Å². The smallest absolute Gasteiger partial charge is 0.337 e. The Morgan fingerprint density at radius 3 is 2.54 bits per heavy atom. The molecule has 1 saturated heterocycles. The molecular formula is C20H26O6. The Labute approximate surface area is 154 Å². The molecule has 3 rings (SSSR count). The van der Waals surface area contributed by atoms with Crippen LogP contribution in [0.5, 0.6) is 5.75 Å². The fourth-order valence-electron chi connectivity index (χ4n) is 3.04. The predicted octanol–water partition coefficient (Wildman–Crippen LogP) is 3.27. The van der Waals surface area contributed by atoms with Crippen molar-refractivity contribution in [3.8, 4) is 5.75 Å². The van der Waals surface area contributed by atoms with E-state index >= 15 is 0 Å². The van der Waals surface area contributed by atoms with Crippen LogP contribution in [0.25, 0.3) is 0 Å². The summed E-state index contributed by atoms with van der Waals surface area (Å²) in [6, 6.07) is 9.46. The number of hydrogen-bond acceptors (Lipinski definition) is 6. The second-order valence-electron chi connectivity index (χ2n) is 7.45. The van der Waals surface area contributed by atoms with Gasteiger partial charge >= 0.3 is 5.97 Å². The zero-order chi connectivity index (χ0) is 18.6. The summed E-state index contributed by atoms with van der Waals surface area (Å²) in [5.41, 5.74) is 0.490. The molecule has 26 heavy (non-hydrogen) atoms. The Balaban J connectivity index is 1.66. The van der Waals surface area contributed by atoms with Gasteiger partial charge in [0.25, 0.3) is 0 Å². The zero-order valence-electron chi connectivity index (χ0n) is 15.5. The van der Waals surface area contributed by atoms with Gasteiger partial charge in [-0.25, -0.2) is 4.79 Å². The van der Waals surface area contributed by atoms with Gasteiger partial charge in [0.2, 0.25) is 6.29 Å². The van der Waals surface area contributed by atoms with E-state index in [-0.39, 0.29) is 17.6 Å². The van der Waals surface area contributed by atoms with Gasteiger partial charge in [-0.3, -0.25) is 0 Å². The van der Waals surface area contributed by atoms with Crippen LogP contribution in [0.2, 0.25) is 0 Å². The summed E-state index contributed by atoms with van der Waals surface area (Å²) >= 11 is 0. The molecule has 6 heteroatoms. The maximum Gasteiger partial charge on any atom is 0.337 e. The van der Waals surface area contributed by atoms with E-state index in [1.807, 2.05) is 30.3 Å². The van der Waals surface area contributed by atoms with Crippen molar-refractivity contribution in [2.24, 2.45) is 11.3 Å². The van der Waals surface area contributed by atoms with Crippen LogP contribution in [0.15, 0.2) is 42.2 Å². The first-order valence-electron chi connectivity index (χ1n) is 8.85. The van der Waals surface area contributed by atoms with Crippen LogP contribution in [-0.2, 0) is 23.7 Å². The summed E-state index contributed by atoms with van der Waals surface area (Å²) in [6.45, 7) is 5.45. The summed E-state index contributed by atoms with van der Waals surface area (Å²) in [5.74, 6) is 0.193. The van der Waals surface area contributed by atoms with Crippen molar-refractivity contribution in [2.75, 3.05) is 20.3 Å². The van der Waals surface area contributed by atoms with Crippen LogP contribution in [0.4, 0.5) is 0 Å². The second kappa shape index (κ2) is 8.10. The van der Waals surface area contributed by atoms with Gasteiger partial charge < -0.3 is 23.7 Å². The lowest BCUT2D eigenvalue weighted by molar-refractivity contribution is -0.228. The summed E-state index contributed by atoms with van der Waals surface area (Å²) in [5, 5.41) is 0. The fourth-order valence-corrected chi connectivity index (χ4v) is 3.04. The molecule has 2 heterocycles. The number of para-hydroxylation sites is 1. The average Bonchev–Trinajstić information content (AvgIpc) is 2.64. The van der Waals surface area contributed by atoms with Crippen molar-refractivity contribution in [1.29, 1.82) is 0 Å². The van der Waals surface area contributed by atoms with E-state index in [2.05, 4.69) is 13.8 Å². The zero-order valence-corrected chi connectivity index (χ0v) is 15.5. The standard InChI is InChI=1S/C20H26O6/c1-20(2)12-24-17(25-13-20)9-14-10-18(23-11-16(14)19(21)22-3)26-15-7-5-4-6-8-15/h4-8,11,14,17-18H,9-10,12-13H2,1-3H3/t14-,18-/m0/s1. The number of esters is 1. The first kappa shape index (κ1) is 18.7. The van der Waals surface area contributed by atoms with Gasteiger partial charge in [-0.1, -0.05) is 32.0 Å². The third-order valence-electron chi connectivity index (χ3n) is 4.49. The molecule has 0 saturated carbocycles. The highest BCUT2D eigenvalue weighted by Crippen LogP contribution is 2.34. The Morgan fingerprint density at radius 1 is 1.19 bits per heavy atom. The highest BCUT2D eigenvalue weighted by Gasteiger charge is 2.36. The topological polar surface area (TPSA) is 63.2 Å². The van der Waals surface area contributed by atoms with Crippen molar-refractivity contribution in [3.63, 3.8) is 0 Å². The maximum atomic E-state index is 12.1. The van der Waals surface area contributed by atoms with E-state index in [0.717, 1.165) is 5.75 Å². The van der Waals surface area contributed by atoms with Crippen molar-refractivity contribution in [3.05, 3.63) is 42.2 Å². The summed E-state index contributed by atoms with van der Waals surface area (Å²) < 4.78 is 28.0. The van der Waals surface area contributed by atoms with Crippen molar-refractivity contribution in [2.45, 2.75) is 39.3 Å². The molecule has 0 bridgehead atoms. The molecule has 0 aromatic heterocycles. The minimum atomic E-state index is -0.476. The SMILES string of the molecule is COC(=O)C1=CO[C@@H](Oc2ccccc2)C[C@@H]1CC1OCC(C)(C)CO1. The van der Waals surface area contributed by atoms with Gasteiger partial charge in [0.05, 0.1) is 32.2 Å². The van der Waals surface area contributed by atoms with Gasteiger partial charge in [-0.05, 0) is 12.1 Å². The molecule has 0 radical (unpaired) electrons. The van der Waals surface area contributed by atoms with Gasteiger partial charge in [0, 0.05) is 24.2 Å². The van der Waals surface area contributed by atoms with E-state index in [4.69, 9.17) is 23.7 Å². The number of benzene rings is 1. The van der Waals surface area contributed by atoms with Crippen LogP contribution in [-0.4, -0.2) is 38.9 Å². The van der Waals surface area contributed by atoms with Gasteiger partial charge in [0.1, 0.15) is 5.75 Å². The van der Waals surface area contributed by atoms with E-state index in [1.165, 1.54) is 13.4 Å². The Morgan fingerprint density at radius 2 is 1.88 bits per heavy atom. The quantitative estimate of drug-likeness (QED) is 0.749. The monoisotopic (exact) mass is 362 g/mol. The van der Waals surface area contributed by atoms with Crippen molar-refractivity contribution in [1.82, 2.24) is 0 Å². The summed E-state index contributed by atoms with van der Waals surface area (Å²) in [7, 11) is 1.36. The Bertz CT molecular complexity index is 629. The average molecular weight is 362 g/mol. The van der Waals surface area contributed by atoms with E-state index in [0.29, 0.717) is 31.6 Å². The Kier molecular flexibility index (Phi) is 5.84. The summed E-state index contributed by atoms with van der Waals surface area (Å²) in [4.78, 5) is 12.1. The molecule has 1 aromatic rings. The third kappa shape index (κ3) is 4.77. The molecule has 1 fully saturated rings. The van der Waals surface area contributed by atoms with Crippen LogP contribution < -0.4 is 4.74 Å². The number of ether oxygens (including phenoxy) is 5. The molecule has 6 nitrogen and oxygen atoms in total. The summed E-state index contributed by atoms with van der Waals surface area (Å²) in [6.07, 6.45) is 1.69. The lowest BCUT2D eigenvalue weighted by Gasteiger charge is -2.37. The van der Waals surface area contributed by atoms with Crippen molar-refractivity contribution < 1.29 is 28.5 Å². The minimum absolute atomic E-state index is 0.00610. The molecule has 0 N–H and O–H groups in total. The highest BCUT2D eigenvalue weighted by atomic mass is 16.7. The number of carbonyl (C=O) groups is 1. The largest absolute Gasteiger partial charge is 0.466 e. The van der Waals surface area contributed by atoms with Gasteiger partial charge in [-0.15, -0.1) is 0 Å². The van der Waals surface area contributed by atoms with Crippen LogP contribution in [0, 0.1) is 11.3 Å². The van der Waals surface area contributed by atoms with Crippen LogP contribution >= 0.6 is 0 Å². The fraction of sp³-hybridized carbons (Fsp3) is 0.550. The number of hydrogen-bond donors (Lipinski definition) is 0. The Hall–Kier alpha value is -2.05. The van der Waals surface area contributed by atoms with Crippen molar-refractivity contribution >= 4 is 5.97 Å².